The predicted octanol–water partition coefficient (Wildman–Crippen LogP) is 2.84. The molecule has 0 fully saturated rings. The number of nitrogens with zero attached hydrogens (tertiary/aromatic N) is 2. The molecule has 21 heavy (non-hydrogen) atoms. The van der Waals surface area contributed by atoms with Crippen LogP contribution >= 0.6 is 11.6 Å². The third-order valence-electron chi connectivity index (χ3n) is 3.37. The Morgan fingerprint density at radius 3 is 2.95 bits per heavy atom. The number of halogens is 1. The zero-order valence-electron chi connectivity index (χ0n) is 11.9. The molecule has 0 radical (unpaired) electrons. The van der Waals surface area contributed by atoms with Crippen LogP contribution in [0.3, 0.4) is 0 Å². The van der Waals surface area contributed by atoms with Crippen LogP contribution in [-0.2, 0) is 4.79 Å². The van der Waals surface area contributed by atoms with Crippen LogP contribution in [0.25, 0.3) is 5.69 Å². The molecule has 0 aliphatic rings. The number of benzene rings is 1. The van der Waals surface area contributed by atoms with E-state index in [1.807, 2.05) is 25.3 Å². The van der Waals surface area contributed by atoms with Gasteiger partial charge in [-0.3, -0.25) is 4.79 Å². The van der Waals surface area contributed by atoms with E-state index in [1.165, 1.54) is 0 Å². The smallest absolute Gasteiger partial charge is 0.224 e. The van der Waals surface area contributed by atoms with Gasteiger partial charge in [-0.2, -0.15) is 5.10 Å². The van der Waals surface area contributed by atoms with Crippen LogP contribution in [0.15, 0.2) is 36.7 Å². The van der Waals surface area contributed by atoms with Crippen molar-refractivity contribution in [2.45, 2.75) is 19.8 Å². The molecule has 0 saturated heterocycles. The second-order valence-electron chi connectivity index (χ2n) is 4.87. The van der Waals surface area contributed by atoms with E-state index in [0.717, 1.165) is 12.1 Å². The summed E-state index contributed by atoms with van der Waals surface area (Å²) in [5.74, 6) is 0.125. The lowest BCUT2D eigenvalue weighted by molar-refractivity contribution is -0.117. The largest absolute Gasteiger partial charge is 0.330 e. The van der Waals surface area contributed by atoms with Crippen molar-refractivity contribution in [1.82, 2.24) is 9.78 Å². The maximum atomic E-state index is 12.1. The second kappa shape index (κ2) is 7.24. The van der Waals surface area contributed by atoms with Crippen molar-refractivity contribution in [3.63, 3.8) is 0 Å². The molecule has 6 heteroatoms. The zero-order valence-corrected chi connectivity index (χ0v) is 12.7. The summed E-state index contributed by atoms with van der Waals surface area (Å²) >= 11 is 6.02. The van der Waals surface area contributed by atoms with Gasteiger partial charge >= 0.3 is 0 Å². The van der Waals surface area contributed by atoms with Gasteiger partial charge in [0.2, 0.25) is 5.91 Å². The topological polar surface area (TPSA) is 72.9 Å². The summed E-state index contributed by atoms with van der Waals surface area (Å²) in [4.78, 5) is 12.1. The first-order valence-corrected chi connectivity index (χ1v) is 7.31. The van der Waals surface area contributed by atoms with E-state index in [0.29, 0.717) is 23.7 Å². The van der Waals surface area contributed by atoms with Gasteiger partial charge in [-0.25, -0.2) is 4.68 Å². The maximum Gasteiger partial charge on any atom is 0.224 e. The average Bonchev–Trinajstić information content (AvgIpc) is 2.99. The zero-order chi connectivity index (χ0) is 15.2. The Morgan fingerprint density at radius 2 is 2.33 bits per heavy atom. The molecule has 5 nitrogen and oxygen atoms in total. The summed E-state index contributed by atoms with van der Waals surface area (Å²) in [5.41, 5.74) is 7.06. The standard InChI is InChI=1S/C15H19ClN4O/c1-2-11(10-17)8-15(21)19-13-9-12(16)4-5-14(13)20-7-3-6-18-20/h3-7,9,11H,2,8,10,17H2,1H3,(H,19,21). The lowest BCUT2D eigenvalue weighted by Gasteiger charge is -2.14. The molecule has 1 aromatic heterocycles. The highest BCUT2D eigenvalue weighted by molar-refractivity contribution is 6.31. The fraction of sp³-hybridized carbons (Fsp3) is 0.333. The first kappa shape index (κ1) is 15.5. The van der Waals surface area contributed by atoms with E-state index < -0.39 is 0 Å². The second-order valence-corrected chi connectivity index (χ2v) is 5.31. The van der Waals surface area contributed by atoms with Crippen molar-refractivity contribution in [3.05, 3.63) is 41.7 Å². The molecule has 1 heterocycles. The number of hydrogen-bond donors (Lipinski definition) is 2. The van der Waals surface area contributed by atoms with Gasteiger partial charge in [-0.05, 0) is 36.7 Å². The fourth-order valence-electron chi connectivity index (χ4n) is 2.08. The molecule has 0 aliphatic heterocycles. The van der Waals surface area contributed by atoms with Gasteiger partial charge in [0.05, 0.1) is 11.4 Å². The van der Waals surface area contributed by atoms with Gasteiger partial charge in [0.25, 0.3) is 0 Å². The number of rotatable bonds is 6. The van der Waals surface area contributed by atoms with Crippen LogP contribution in [0.1, 0.15) is 19.8 Å². The molecule has 3 N–H and O–H groups in total. The minimum absolute atomic E-state index is 0.0667. The van der Waals surface area contributed by atoms with E-state index in [-0.39, 0.29) is 11.8 Å². The summed E-state index contributed by atoms with van der Waals surface area (Å²) in [7, 11) is 0. The van der Waals surface area contributed by atoms with Crippen molar-refractivity contribution in [3.8, 4) is 5.69 Å². The first-order chi connectivity index (χ1) is 10.1. The lowest BCUT2D eigenvalue weighted by Crippen LogP contribution is -2.22. The van der Waals surface area contributed by atoms with Crippen LogP contribution in [0.2, 0.25) is 5.02 Å². The molecule has 2 rings (SSSR count). The molecule has 0 bridgehead atoms. The number of amides is 1. The third-order valence-corrected chi connectivity index (χ3v) is 3.60. The SMILES string of the molecule is CCC(CN)CC(=O)Nc1cc(Cl)ccc1-n1cccn1. The predicted molar refractivity (Wildman–Crippen MR) is 84.7 cm³/mol. The van der Waals surface area contributed by atoms with Gasteiger partial charge in [0.1, 0.15) is 0 Å². The first-order valence-electron chi connectivity index (χ1n) is 6.93. The van der Waals surface area contributed by atoms with Gasteiger partial charge in [0.15, 0.2) is 0 Å². The van der Waals surface area contributed by atoms with Gasteiger partial charge in [-0.1, -0.05) is 24.9 Å². The van der Waals surface area contributed by atoms with E-state index in [9.17, 15) is 4.79 Å². The van der Waals surface area contributed by atoms with Crippen molar-refractivity contribution in [2.75, 3.05) is 11.9 Å². The van der Waals surface area contributed by atoms with E-state index in [1.54, 1.807) is 23.0 Å². The number of anilines is 1. The molecule has 0 saturated carbocycles. The summed E-state index contributed by atoms with van der Waals surface area (Å²) in [5, 5.41) is 7.64. The Kier molecular flexibility index (Phi) is 5.36. The Bertz CT molecular complexity index is 594. The Morgan fingerprint density at radius 1 is 1.52 bits per heavy atom. The number of carbonyl (C=O) groups excluding carboxylic acids is 1. The van der Waals surface area contributed by atoms with Crippen LogP contribution < -0.4 is 11.1 Å². The molecule has 112 valence electrons. The highest BCUT2D eigenvalue weighted by atomic mass is 35.5. The number of aromatic nitrogens is 2. The Labute approximate surface area is 129 Å². The molecule has 1 amide bonds. The third kappa shape index (κ3) is 4.06. The number of nitrogens with two attached hydrogens (primary N) is 1. The van der Waals surface area contributed by atoms with Crippen molar-refractivity contribution in [1.29, 1.82) is 0 Å². The molecule has 0 aliphatic carbocycles. The van der Waals surface area contributed by atoms with Crippen molar-refractivity contribution in [2.24, 2.45) is 11.7 Å². The average molecular weight is 307 g/mol. The highest BCUT2D eigenvalue weighted by Gasteiger charge is 2.13. The Balaban J connectivity index is 2.19. The minimum atomic E-state index is -0.0667. The highest BCUT2D eigenvalue weighted by Crippen LogP contribution is 2.24. The van der Waals surface area contributed by atoms with E-state index >= 15 is 0 Å². The normalized spacial score (nSPS) is 12.1. The molecule has 0 spiro atoms. The minimum Gasteiger partial charge on any atom is -0.330 e. The van der Waals surface area contributed by atoms with Gasteiger partial charge < -0.3 is 11.1 Å². The van der Waals surface area contributed by atoms with Gasteiger partial charge in [0, 0.05) is 23.8 Å². The van der Waals surface area contributed by atoms with Crippen LogP contribution in [0.4, 0.5) is 5.69 Å². The quantitative estimate of drug-likeness (QED) is 0.862. The van der Waals surface area contributed by atoms with Crippen molar-refractivity contribution >= 4 is 23.2 Å². The molecular weight excluding hydrogens is 288 g/mol. The molecule has 1 aromatic carbocycles. The van der Waals surface area contributed by atoms with Gasteiger partial charge in [-0.15, -0.1) is 0 Å². The van der Waals surface area contributed by atoms with Crippen LogP contribution in [0.5, 0.6) is 0 Å². The molecule has 1 unspecified atom stereocenters. The Hall–Kier alpha value is -1.85. The van der Waals surface area contributed by atoms with E-state index in [4.69, 9.17) is 17.3 Å². The molecular formula is C15H19ClN4O. The summed E-state index contributed by atoms with van der Waals surface area (Å²) in [6, 6.07) is 7.13. The number of carbonyl (C=O) groups is 1. The van der Waals surface area contributed by atoms with Crippen LogP contribution in [0, 0.1) is 5.92 Å². The monoisotopic (exact) mass is 306 g/mol. The molecule has 1 atom stereocenters. The fourth-order valence-corrected chi connectivity index (χ4v) is 2.25. The number of nitrogens with one attached hydrogen (secondary N) is 1. The van der Waals surface area contributed by atoms with Crippen molar-refractivity contribution < 1.29 is 4.79 Å². The van der Waals surface area contributed by atoms with E-state index in [2.05, 4.69) is 10.4 Å². The lowest BCUT2D eigenvalue weighted by atomic mass is 10.0. The summed E-state index contributed by atoms with van der Waals surface area (Å²) in [6.45, 7) is 2.53. The number of hydrogen-bond acceptors (Lipinski definition) is 3. The summed E-state index contributed by atoms with van der Waals surface area (Å²) in [6.07, 6.45) is 4.78. The maximum absolute atomic E-state index is 12.1. The summed E-state index contributed by atoms with van der Waals surface area (Å²) < 4.78 is 1.69. The molecule has 2 aromatic rings. The van der Waals surface area contributed by atoms with Crippen LogP contribution in [-0.4, -0.2) is 22.2 Å².